The monoisotopic (exact) mass is 627 g/mol. The molecule has 9 rings (SSSR count). The zero-order valence-corrected chi connectivity index (χ0v) is 27.6. The number of carbonyl (C=O) groups is 1. The second kappa shape index (κ2) is 9.90. The second-order valence-electron chi connectivity index (χ2n) is 13.8. The van der Waals surface area contributed by atoms with Crippen molar-refractivity contribution in [1.29, 1.82) is 0 Å². The van der Waals surface area contributed by atoms with E-state index in [0.29, 0.717) is 4.88 Å². The number of anilines is 3. The van der Waals surface area contributed by atoms with Crippen LogP contribution in [0.15, 0.2) is 126 Å². The summed E-state index contributed by atoms with van der Waals surface area (Å²) < 4.78 is 6.44. The number of hydrogen-bond donors (Lipinski definition) is 0. The third kappa shape index (κ3) is 4.08. The Labute approximate surface area is 278 Å². The van der Waals surface area contributed by atoms with Crippen LogP contribution in [0.25, 0.3) is 43.9 Å². The zero-order valence-electron chi connectivity index (χ0n) is 26.8. The standard InChI is InChI=1S/C43H33NO2S/c1-42(2)35-11-7-5-9-31(35)33-18-15-27(22-37(33)42)44(28-16-19-34-32-10-6-8-12-36(32)43(3,4)38(34)23-28)29-14-13-26-21-40(46-39(26)24-29)41-20-17-30(25-45)47-41/h5-25H,1-4H3. The van der Waals surface area contributed by atoms with Crippen molar-refractivity contribution in [2.75, 3.05) is 4.90 Å². The van der Waals surface area contributed by atoms with Crippen molar-refractivity contribution >= 4 is 45.7 Å². The van der Waals surface area contributed by atoms with E-state index in [1.807, 2.05) is 12.1 Å². The first-order valence-electron chi connectivity index (χ1n) is 16.1. The van der Waals surface area contributed by atoms with Crippen LogP contribution in [0, 0.1) is 0 Å². The summed E-state index contributed by atoms with van der Waals surface area (Å²) in [6.07, 6.45) is 0.889. The van der Waals surface area contributed by atoms with Crippen LogP contribution in [-0.4, -0.2) is 6.29 Å². The molecule has 0 saturated heterocycles. The zero-order chi connectivity index (χ0) is 32.1. The van der Waals surface area contributed by atoms with Crippen LogP contribution in [0.2, 0.25) is 0 Å². The van der Waals surface area contributed by atoms with Gasteiger partial charge in [0.15, 0.2) is 6.29 Å². The lowest BCUT2D eigenvalue weighted by Crippen LogP contribution is -2.18. The Morgan fingerprint density at radius 3 is 1.68 bits per heavy atom. The Kier molecular flexibility index (Phi) is 5.91. The molecule has 0 saturated carbocycles. The molecule has 5 aromatic carbocycles. The highest BCUT2D eigenvalue weighted by Crippen LogP contribution is 2.53. The average Bonchev–Trinajstić information content (AvgIpc) is 3.84. The SMILES string of the molecule is CC1(C)c2ccccc2-c2ccc(N(c3ccc4c(c3)C(C)(C)c3ccccc3-4)c3ccc4cc(-c5ccc(C=O)s5)oc4c3)cc21. The van der Waals surface area contributed by atoms with Gasteiger partial charge in [-0.2, -0.15) is 0 Å². The Morgan fingerprint density at radius 2 is 1.11 bits per heavy atom. The summed E-state index contributed by atoms with van der Waals surface area (Å²) >= 11 is 1.45. The number of benzene rings is 5. The maximum Gasteiger partial charge on any atom is 0.160 e. The molecule has 0 fully saturated rings. The minimum Gasteiger partial charge on any atom is -0.455 e. The van der Waals surface area contributed by atoms with Gasteiger partial charge in [0.1, 0.15) is 11.3 Å². The number of aldehydes is 1. The summed E-state index contributed by atoms with van der Waals surface area (Å²) in [5.74, 6) is 0.774. The van der Waals surface area contributed by atoms with E-state index in [1.54, 1.807) is 0 Å². The molecule has 0 bridgehead atoms. The number of carbonyl (C=O) groups excluding carboxylic acids is 1. The van der Waals surface area contributed by atoms with Crippen molar-refractivity contribution in [3.05, 3.63) is 148 Å². The highest BCUT2D eigenvalue weighted by Gasteiger charge is 2.37. The minimum atomic E-state index is -0.115. The highest BCUT2D eigenvalue weighted by molar-refractivity contribution is 7.17. The predicted octanol–water partition coefficient (Wildman–Crippen LogP) is 12.1. The van der Waals surface area contributed by atoms with E-state index >= 15 is 0 Å². The second-order valence-corrected chi connectivity index (χ2v) is 14.9. The quantitative estimate of drug-likeness (QED) is 0.178. The smallest absolute Gasteiger partial charge is 0.160 e. The van der Waals surface area contributed by atoms with Crippen LogP contribution in [-0.2, 0) is 10.8 Å². The van der Waals surface area contributed by atoms with Gasteiger partial charge in [-0.25, -0.2) is 0 Å². The molecular weight excluding hydrogens is 595 g/mol. The van der Waals surface area contributed by atoms with Crippen molar-refractivity contribution in [1.82, 2.24) is 0 Å². The molecule has 2 aliphatic carbocycles. The van der Waals surface area contributed by atoms with Gasteiger partial charge < -0.3 is 9.32 Å². The van der Waals surface area contributed by atoms with Crippen molar-refractivity contribution in [3.8, 4) is 32.9 Å². The highest BCUT2D eigenvalue weighted by atomic mass is 32.1. The molecule has 0 unspecified atom stereocenters. The van der Waals surface area contributed by atoms with Crippen LogP contribution in [0.3, 0.4) is 0 Å². The fourth-order valence-electron chi connectivity index (χ4n) is 7.94. The van der Waals surface area contributed by atoms with Crippen LogP contribution >= 0.6 is 11.3 Å². The average molecular weight is 628 g/mol. The predicted molar refractivity (Wildman–Crippen MR) is 195 cm³/mol. The minimum absolute atomic E-state index is 0.115. The van der Waals surface area contributed by atoms with Crippen molar-refractivity contribution in [3.63, 3.8) is 0 Å². The normalized spacial score (nSPS) is 14.8. The first kappa shape index (κ1) is 28.1. The molecule has 3 nitrogen and oxygen atoms in total. The molecule has 228 valence electrons. The van der Waals surface area contributed by atoms with Gasteiger partial charge in [-0.05, 0) is 99.1 Å². The molecule has 0 radical (unpaired) electrons. The lowest BCUT2D eigenvalue weighted by molar-refractivity contribution is 0.112. The summed E-state index contributed by atoms with van der Waals surface area (Å²) in [6.45, 7) is 9.33. The third-order valence-corrected chi connectivity index (χ3v) is 11.4. The molecule has 0 aliphatic heterocycles. The van der Waals surface area contributed by atoms with Gasteiger partial charge in [0.05, 0.1) is 9.75 Å². The topological polar surface area (TPSA) is 33.5 Å². The Hall–Kier alpha value is -5.19. The van der Waals surface area contributed by atoms with Gasteiger partial charge in [0.2, 0.25) is 0 Å². The number of hydrogen-bond acceptors (Lipinski definition) is 4. The number of nitrogens with zero attached hydrogens (tertiary/aromatic N) is 1. The Morgan fingerprint density at radius 1 is 0.574 bits per heavy atom. The molecule has 2 aromatic heterocycles. The van der Waals surface area contributed by atoms with E-state index in [-0.39, 0.29) is 10.8 Å². The fourth-order valence-corrected chi connectivity index (χ4v) is 8.71. The van der Waals surface area contributed by atoms with Gasteiger partial charge in [-0.15, -0.1) is 11.3 Å². The van der Waals surface area contributed by atoms with Gasteiger partial charge >= 0.3 is 0 Å². The first-order chi connectivity index (χ1) is 22.7. The molecule has 0 amide bonds. The van der Waals surface area contributed by atoms with E-state index in [2.05, 4.69) is 142 Å². The molecule has 0 N–H and O–H groups in total. The van der Waals surface area contributed by atoms with E-state index in [0.717, 1.165) is 45.0 Å². The van der Waals surface area contributed by atoms with Gasteiger partial charge in [-0.1, -0.05) is 88.4 Å². The molecule has 0 atom stereocenters. The molecule has 2 aliphatic rings. The Bertz CT molecular complexity index is 2300. The maximum absolute atomic E-state index is 11.3. The van der Waals surface area contributed by atoms with Crippen LogP contribution in [0.4, 0.5) is 17.1 Å². The summed E-state index contributed by atoms with van der Waals surface area (Å²) in [5.41, 5.74) is 14.5. The van der Waals surface area contributed by atoms with Crippen LogP contribution < -0.4 is 4.90 Å². The Balaban J connectivity index is 1.23. The molecule has 2 heterocycles. The number of fused-ring (bicyclic) bond motifs is 7. The van der Waals surface area contributed by atoms with E-state index < -0.39 is 0 Å². The van der Waals surface area contributed by atoms with Crippen molar-refractivity contribution < 1.29 is 9.21 Å². The van der Waals surface area contributed by atoms with Crippen molar-refractivity contribution in [2.45, 2.75) is 38.5 Å². The largest absolute Gasteiger partial charge is 0.455 e. The van der Waals surface area contributed by atoms with Gasteiger partial charge in [0, 0.05) is 39.3 Å². The summed E-state index contributed by atoms with van der Waals surface area (Å²) in [7, 11) is 0. The van der Waals surface area contributed by atoms with Crippen LogP contribution in [0.1, 0.15) is 59.6 Å². The molecule has 7 aromatic rings. The number of rotatable bonds is 5. The van der Waals surface area contributed by atoms with Gasteiger partial charge in [-0.3, -0.25) is 4.79 Å². The fraction of sp³-hybridized carbons (Fsp3) is 0.140. The van der Waals surface area contributed by atoms with Crippen molar-refractivity contribution in [2.24, 2.45) is 0 Å². The molecular formula is C43H33NO2S. The lowest BCUT2D eigenvalue weighted by Gasteiger charge is -2.29. The number of furan rings is 1. The van der Waals surface area contributed by atoms with E-state index in [4.69, 9.17) is 4.42 Å². The summed E-state index contributed by atoms with van der Waals surface area (Å²) in [4.78, 5) is 15.3. The molecule has 47 heavy (non-hydrogen) atoms. The van der Waals surface area contributed by atoms with E-state index in [9.17, 15) is 4.79 Å². The molecule has 0 spiro atoms. The molecule has 4 heteroatoms. The maximum atomic E-state index is 11.3. The van der Waals surface area contributed by atoms with Gasteiger partial charge in [0.25, 0.3) is 0 Å². The lowest BCUT2D eigenvalue weighted by atomic mass is 9.82. The van der Waals surface area contributed by atoms with E-state index in [1.165, 1.54) is 55.8 Å². The third-order valence-electron chi connectivity index (χ3n) is 10.4. The summed E-state index contributed by atoms with van der Waals surface area (Å²) in [5, 5.41) is 1.03. The van der Waals surface area contributed by atoms with Crippen LogP contribution in [0.5, 0.6) is 0 Å². The summed E-state index contributed by atoms with van der Waals surface area (Å²) in [6, 6.07) is 43.8. The first-order valence-corrected chi connectivity index (χ1v) is 16.9. The number of thiophene rings is 1.